The van der Waals surface area contributed by atoms with Crippen molar-refractivity contribution in [1.82, 2.24) is 14.5 Å². The number of hydrogen-bond acceptors (Lipinski definition) is 4. The molecule has 1 heterocycles. The van der Waals surface area contributed by atoms with E-state index in [0.29, 0.717) is 21.6 Å². The van der Waals surface area contributed by atoms with Gasteiger partial charge in [0.1, 0.15) is 5.82 Å². The molecule has 0 aliphatic heterocycles. The van der Waals surface area contributed by atoms with Crippen LogP contribution in [0.15, 0.2) is 71.5 Å². The second-order valence-corrected chi connectivity index (χ2v) is 9.38. The molecule has 0 saturated heterocycles. The fourth-order valence-corrected chi connectivity index (χ4v) is 4.39. The number of amides is 2. The summed E-state index contributed by atoms with van der Waals surface area (Å²) in [4.78, 5) is 33.2. The highest BCUT2D eigenvalue weighted by molar-refractivity contribution is 6.31. The molecule has 0 bridgehead atoms. The monoisotopic (exact) mass is 558 g/mol. The topological polar surface area (TPSA) is 76.5 Å². The molecule has 0 fully saturated rings. The molecular formula is C28H26ClF3N4O3. The molecule has 204 valence electrons. The van der Waals surface area contributed by atoms with Gasteiger partial charge in [-0.1, -0.05) is 41.4 Å². The number of methoxy groups -OCH3 is 1. The van der Waals surface area contributed by atoms with E-state index in [0.717, 1.165) is 11.6 Å². The summed E-state index contributed by atoms with van der Waals surface area (Å²) >= 11 is 6.17. The number of para-hydroxylation sites is 1. The number of fused-ring (bicyclic) bond motifs is 1. The van der Waals surface area contributed by atoms with Gasteiger partial charge in [-0.15, -0.1) is 0 Å². The zero-order valence-electron chi connectivity index (χ0n) is 21.4. The lowest BCUT2D eigenvalue weighted by atomic mass is 10.1. The molecule has 39 heavy (non-hydrogen) atoms. The van der Waals surface area contributed by atoms with E-state index in [1.54, 1.807) is 37.3 Å². The highest BCUT2D eigenvalue weighted by Crippen LogP contribution is 2.35. The summed E-state index contributed by atoms with van der Waals surface area (Å²) in [5.74, 6) is 0.203. The van der Waals surface area contributed by atoms with Gasteiger partial charge in [-0.25, -0.2) is 9.78 Å². The van der Waals surface area contributed by atoms with Crippen molar-refractivity contribution in [2.45, 2.75) is 26.1 Å². The van der Waals surface area contributed by atoms with Crippen LogP contribution in [0.25, 0.3) is 16.6 Å². The highest BCUT2D eigenvalue weighted by Gasteiger charge is 2.34. The molecule has 0 aliphatic carbocycles. The molecule has 0 aliphatic rings. The maximum Gasteiger partial charge on any atom is 0.418 e. The average Bonchev–Trinajstić information content (AvgIpc) is 2.89. The molecule has 2 amide bonds. The largest absolute Gasteiger partial charge is 0.418 e. The van der Waals surface area contributed by atoms with E-state index in [1.807, 2.05) is 19.1 Å². The number of carbonyl (C=O) groups is 1. The first-order valence-electron chi connectivity index (χ1n) is 12.0. The zero-order chi connectivity index (χ0) is 28.3. The molecule has 0 spiro atoms. The van der Waals surface area contributed by atoms with Crippen LogP contribution in [0.3, 0.4) is 0 Å². The van der Waals surface area contributed by atoms with Crippen molar-refractivity contribution < 1.29 is 22.7 Å². The first kappa shape index (κ1) is 28.1. The summed E-state index contributed by atoms with van der Waals surface area (Å²) in [6.45, 7) is 3.65. The number of alkyl halides is 3. The van der Waals surface area contributed by atoms with Gasteiger partial charge in [0.2, 0.25) is 0 Å². The van der Waals surface area contributed by atoms with Crippen LogP contribution in [0.2, 0.25) is 5.02 Å². The zero-order valence-corrected chi connectivity index (χ0v) is 22.2. The maximum atomic E-state index is 13.7. The maximum absolute atomic E-state index is 13.7. The minimum Gasteiger partial charge on any atom is -0.383 e. The van der Waals surface area contributed by atoms with Gasteiger partial charge in [-0.2, -0.15) is 13.2 Å². The molecule has 0 radical (unpaired) electrons. The lowest BCUT2D eigenvalue weighted by molar-refractivity contribution is -0.136. The Kier molecular flexibility index (Phi) is 8.27. The molecule has 4 rings (SSSR count). The van der Waals surface area contributed by atoms with E-state index >= 15 is 0 Å². The van der Waals surface area contributed by atoms with Gasteiger partial charge in [0.25, 0.3) is 5.56 Å². The number of ether oxygens (including phenoxy) is 1. The summed E-state index contributed by atoms with van der Waals surface area (Å²) in [5, 5.41) is 3.08. The van der Waals surface area contributed by atoms with Gasteiger partial charge in [-0.05, 0) is 56.3 Å². The second-order valence-electron chi connectivity index (χ2n) is 8.94. The summed E-state index contributed by atoms with van der Waals surface area (Å²) in [6.07, 6.45) is -4.67. The Balaban J connectivity index is 1.84. The smallest absolute Gasteiger partial charge is 0.383 e. The van der Waals surface area contributed by atoms with Crippen LogP contribution < -0.4 is 10.9 Å². The Labute approximate surface area is 227 Å². The minimum atomic E-state index is -4.67. The summed E-state index contributed by atoms with van der Waals surface area (Å²) in [5.41, 5.74) is 0.0771. The lowest BCUT2D eigenvalue weighted by Gasteiger charge is -2.31. The van der Waals surface area contributed by atoms with Gasteiger partial charge in [0.15, 0.2) is 0 Å². The number of hydrogen-bond donors (Lipinski definition) is 1. The summed E-state index contributed by atoms with van der Waals surface area (Å²) in [7, 11) is 1.44. The molecule has 1 unspecified atom stereocenters. The first-order valence-corrected chi connectivity index (χ1v) is 12.4. The van der Waals surface area contributed by atoms with Crippen molar-refractivity contribution in [3.8, 4) is 5.69 Å². The Morgan fingerprint density at radius 1 is 1.13 bits per heavy atom. The van der Waals surface area contributed by atoms with Crippen molar-refractivity contribution >= 4 is 34.2 Å². The van der Waals surface area contributed by atoms with Crippen molar-refractivity contribution in [1.29, 1.82) is 0 Å². The average molecular weight is 559 g/mol. The van der Waals surface area contributed by atoms with Crippen molar-refractivity contribution in [3.05, 3.63) is 99.1 Å². The normalized spacial score (nSPS) is 12.4. The van der Waals surface area contributed by atoms with Crippen LogP contribution in [0.4, 0.5) is 23.7 Å². The second kappa shape index (κ2) is 11.5. The lowest BCUT2D eigenvalue weighted by Crippen LogP contribution is -2.41. The van der Waals surface area contributed by atoms with Crippen LogP contribution in [-0.4, -0.2) is 40.7 Å². The van der Waals surface area contributed by atoms with Crippen molar-refractivity contribution in [2.75, 3.05) is 25.6 Å². The molecule has 3 aromatic carbocycles. The standard InChI is InChI=1S/C28H26ClF3N4O3/c1-17-8-11-20(12-9-17)36-25(33-24-16-19(29)10-13-21(24)26(36)37)18(2)35(14-15-39-3)27(38)34-23-7-5-4-6-22(23)28(30,31)32/h4-13,16,18H,14-15H2,1-3H3,(H,34,38). The number of nitrogens with zero attached hydrogens (tertiary/aromatic N) is 3. The molecule has 7 nitrogen and oxygen atoms in total. The Morgan fingerprint density at radius 2 is 1.82 bits per heavy atom. The molecular weight excluding hydrogens is 533 g/mol. The van der Waals surface area contributed by atoms with Gasteiger partial charge in [-0.3, -0.25) is 9.36 Å². The van der Waals surface area contributed by atoms with E-state index < -0.39 is 29.5 Å². The van der Waals surface area contributed by atoms with Gasteiger partial charge in [0, 0.05) is 18.7 Å². The summed E-state index contributed by atoms with van der Waals surface area (Å²) in [6, 6.07) is 15.0. The number of benzene rings is 3. The first-order chi connectivity index (χ1) is 18.5. The van der Waals surface area contributed by atoms with Crippen LogP contribution in [-0.2, 0) is 10.9 Å². The Hall–Kier alpha value is -3.89. The van der Waals surface area contributed by atoms with Crippen molar-refractivity contribution in [3.63, 3.8) is 0 Å². The predicted octanol–water partition coefficient (Wildman–Crippen LogP) is 6.61. The summed E-state index contributed by atoms with van der Waals surface area (Å²) < 4.78 is 47.3. The molecule has 1 N–H and O–H groups in total. The molecule has 1 atom stereocenters. The van der Waals surface area contributed by atoms with E-state index in [9.17, 15) is 22.8 Å². The number of aryl methyl sites for hydroxylation is 1. The minimum absolute atomic E-state index is 0.00896. The molecule has 1 aromatic heterocycles. The molecule has 11 heteroatoms. The highest BCUT2D eigenvalue weighted by atomic mass is 35.5. The van der Waals surface area contributed by atoms with E-state index in [2.05, 4.69) is 5.32 Å². The molecule has 0 saturated carbocycles. The van der Waals surface area contributed by atoms with Crippen molar-refractivity contribution in [2.24, 2.45) is 0 Å². The predicted molar refractivity (Wildman–Crippen MR) is 145 cm³/mol. The van der Waals surface area contributed by atoms with Crippen LogP contribution in [0, 0.1) is 6.92 Å². The van der Waals surface area contributed by atoms with Gasteiger partial charge in [0.05, 0.1) is 40.5 Å². The number of halogens is 4. The van der Waals surface area contributed by atoms with E-state index in [-0.39, 0.29) is 24.5 Å². The van der Waals surface area contributed by atoms with Crippen LogP contribution in [0.5, 0.6) is 0 Å². The van der Waals surface area contributed by atoms with Gasteiger partial charge >= 0.3 is 12.2 Å². The quantitative estimate of drug-likeness (QED) is 0.277. The van der Waals surface area contributed by atoms with E-state index in [1.165, 1.54) is 34.8 Å². The SMILES string of the molecule is COCCN(C(=O)Nc1ccccc1C(F)(F)F)C(C)c1nc2cc(Cl)ccc2c(=O)n1-c1ccc(C)cc1. The fraction of sp³-hybridized carbons (Fsp3) is 0.250. The third-order valence-electron chi connectivity index (χ3n) is 6.26. The number of carbonyl (C=O) groups excluding carboxylic acids is 1. The van der Waals surface area contributed by atoms with Crippen LogP contribution >= 0.6 is 11.6 Å². The van der Waals surface area contributed by atoms with Crippen LogP contribution in [0.1, 0.15) is 29.9 Å². The third-order valence-corrected chi connectivity index (χ3v) is 6.50. The van der Waals surface area contributed by atoms with E-state index in [4.69, 9.17) is 21.3 Å². The Bertz CT molecular complexity index is 1550. The number of aromatic nitrogens is 2. The fourth-order valence-electron chi connectivity index (χ4n) is 4.23. The third kappa shape index (κ3) is 6.07. The molecule has 4 aromatic rings. The Morgan fingerprint density at radius 3 is 2.49 bits per heavy atom. The number of rotatable bonds is 7. The van der Waals surface area contributed by atoms with Gasteiger partial charge < -0.3 is 15.0 Å². The number of anilines is 1. The number of nitrogens with one attached hydrogen (secondary N) is 1. The number of urea groups is 1.